The molecule has 1 aromatic heterocycles. The van der Waals surface area contributed by atoms with Crippen LogP contribution >= 0.6 is 11.3 Å². The maximum Gasteiger partial charge on any atom is 0.343 e. The van der Waals surface area contributed by atoms with E-state index in [-0.39, 0.29) is 55.2 Å². The quantitative estimate of drug-likeness (QED) is 0.00486. The minimum absolute atomic E-state index is 0.125. The monoisotopic (exact) mass is 1370 g/mol. The van der Waals surface area contributed by atoms with E-state index in [1.807, 2.05) is 97.1 Å². The number of fused-ring (bicyclic) bond motifs is 2. The number of benzene rings is 9. The fourth-order valence-corrected chi connectivity index (χ4v) is 9.86. The second-order valence-corrected chi connectivity index (χ2v) is 22.0. The lowest BCUT2D eigenvalue weighted by atomic mass is 10.1. The Morgan fingerprint density at radius 2 is 0.970 bits per heavy atom. The van der Waals surface area contributed by atoms with Gasteiger partial charge in [-0.1, -0.05) is 67.5 Å². The highest BCUT2D eigenvalue weighted by molar-refractivity contribution is 7.22. The van der Waals surface area contributed by atoms with E-state index in [0.717, 1.165) is 69.4 Å². The van der Waals surface area contributed by atoms with Crippen LogP contribution in [0.3, 0.4) is 0 Å². The standard InChI is InChI=1S/C40H39N7O4.C36H27N3O10S/c1-4-39(48)50-28-10-9-13-40(49)51-34-24-20-32(21-25-34)42-41-29-14-16-30(17-15-29)43-45-37-26-27-38(36-12-8-7-11-35(36)37)46-44-31-18-22-33(23-19-31)47(5-2)6-3;1-3-32(40)46-21-44-26-13-9-23(10-14-26)34(42)48-28-17-18-30(25(19-28)20-37-39-36-38-29-7-5-6-8-31(29)50-36)49-35(43)24-11-15-27(16-12-24)45-22-47-33(41)4-2/h4,7-8,11-12,14-27H,1,5-6,9-10,13,28H2,2-3H3;3-20H,1-2,21-22H2,(H,38,39)/b;37-20+. The number of azo groups is 3. The van der Waals surface area contributed by atoms with Crippen molar-refractivity contribution in [2.24, 2.45) is 35.8 Å². The fraction of sp³-hybridized carbons (Fsp3) is 0.132. The molecule has 24 nitrogen and oxygen atoms in total. The number of carbonyl (C=O) groups excluding carboxylic acids is 6. The Labute approximate surface area is 584 Å². The molecule has 0 aliphatic rings. The van der Waals surface area contributed by atoms with Gasteiger partial charge < -0.3 is 42.8 Å². The molecule has 0 aliphatic carbocycles. The fourth-order valence-electron chi connectivity index (χ4n) is 9.04. The summed E-state index contributed by atoms with van der Waals surface area (Å²) in [6, 6.07) is 57.9. The number of thiazole rings is 1. The molecule has 1 heterocycles. The van der Waals surface area contributed by atoms with Crippen molar-refractivity contribution in [2.45, 2.75) is 33.1 Å². The minimum Gasteiger partial charge on any atom is -0.463 e. The number of hydrazone groups is 1. The van der Waals surface area contributed by atoms with E-state index in [1.54, 1.807) is 24.3 Å². The molecule has 9 aromatic carbocycles. The molecule has 0 fully saturated rings. The zero-order valence-corrected chi connectivity index (χ0v) is 55.6. The summed E-state index contributed by atoms with van der Waals surface area (Å²) in [6.07, 6.45) is 5.85. The summed E-state index contributed by atoms with van der Waals surface area (Å²) >= 11 is 1.41. The highest BCUT2D eigenvalue weighted by Gasteiger charge is 2.17. The molecule has 0 aliphatic heterocycles. The number of ether oxygens (including phenoxy) is 8. The van der Waals surface area contributed by atoms with Crippen molar-refractivity contribution in [1.82, 2.24) is 4.98 Å². The Hall–Kier alpha value is -13.2. The van der Waals surface area contributed by atoms with Gasteiger partial charge >= 0.3 is 35.8 Å². The molecule has 25 heteroatoms. The number of aromatic nitrogens is 1. The van der Waals surface area contributed by atoms with Gasteiger partial charge in [-0.15, -0.1) is 10.2 Å². The van der Waals surface area contributed by atoms with Gasteiger partial charge in [0.15, 0.2) is 0 Å². The van der Waals surface area contributed by atoms with E-state index in [4.69, 9.17) is 37.9 Å². The first-order chi connectivity index (χ1) is 49.3. The van der Waals surface area contributed by atoms with Crippen LogP contribution in [0.5, 0.6) is 28.7 Å². The topological polar surface area (TPSA) is 291 Å². The SMILES string of the molecule is C=CC(=O)OCCCCC(=O)Oc1ccc(N=Nc2ccc(N=Nc3ccc(N=Nc4ccc(N(CC)CC)cc4)c4ccccc34)cc2)cc1.C=CC(=O)OCOc1ccc(C(=O)Oc2ccc(OC(=O)c3ccc(OCOC(=O)C=C)cc3)c(/C=N/Nc3nc4ccccc4s3)c2)cc1. The summed E-state index contributed by atoms with van der Waals surface area (Å²) in [7, 11) is 0. The lowest BCUT2D eigenvalue weighted by molar-refractivity contribution is -0.145. The first-order valence-corrected chi connectivity index (χ1v) is 32.2. The molecule has 1 N–H and O–H groups in total. The Bertz CT molecular complexity index is 4640. The van der Waals surface area contributed by atoms with Gasteiger partial charge in [-0.05, 0) is 190 Å². The van der Waals surface area contributed by atoms with Crippen molar-refractivity contribution in [1.29, 1.82) is 0 Å². The number of carbonyl (C=O) groups is 6. The summed E-state index contributed by atoms with van der Waals surface area (Å²) in [5.74, 6) is -2.06. The Balaban J connectivity index is 0.000000235. The van der Waals surface area contributed by atoms with Crippen LogP contribution in [-0.4, -0.2) is 80.3 Å². The molecule has 0 unspecified atom stereocenters. The summed E-state index contributed by atoms with van der Waals surface area (Å²) in [5, 5.41) is 33.2. The van der Waals surface area contributed by atoms with Crippen molar-refractivity contribution < 1.29 is 66.7 Å². The molecule has 0 saturated carbocycles. The number of anilines is 2. The average Bonchev–Trinajstić information content (AvgIpc) is 1.11. The number of unbranched alkanes of at least 4 members (excludes halogenated alkanes) is 1. The molecule has 0 spiro atoms. The number of nitrogens with zero attached hydrogens (tertiary/aromatic N) is 9. The molecule has 10 rings (SSSR count). The molecular weight excluding hydrogens is 1310 g/mol. The Morgan fingerprint density at radius 1 is 0.495 bits per heavy atom. The first kappa shape index (κ1) is 72.1. The number of esters is 6. The van der Waals surface area contributed by atoms with Crippen molar-refractivity contribution in [3.05, 3.63) is 255 Å². The van der Waals surface area contributed by atoms with E-state index in [0.29, 0.717) is 57.8 Å². The largest absolute Gasteiger partial charge is 0.463 e. The number of para-hydroxylation sites is 1. The van der Waals surface area contributed by atoms with Gasteiger partial charge in [-0.2, -0.15) is 25.6 Å². The van der Waals surface area contributed by atoms with Gasteiger partial charge in [-0.25, -0.2) is 29.0 Å². The number of rotatable bonds is 31. The highest BCUT2D eigenvalue weighted by Crippen LogP contribution is 2.36. The summed E-state index contributed by atoms with van der Waals surface area (Å²) in [4.78, 5) is 78.2. The predicted octanol–water partition coefficient (Wildman–Crippen LogP) is 18.0. The van der Waals surface area contributed by atoms with Crippen LogP contribution in [0.2, 0.25) is 0 Å². The number of hydrogen-bond acceptors (Lipinski definition) is 25. The normalized spacial score (nSPS) is 11.0. The van der Waals surface area contributed by atoms with Gasteiger partial charge in [0.2, 0.25) is 18.7 Å². The number of hydrogen-bond donors (Lipinski definition) is 1. The molecule has 0 saturated heterocycles. The van der Waals surface area contributed by atoms with Crippen LogP contribution in [-0.2, 0) is 33.4 Å². The lowest BCUT2D eigenvalue weighted by Gasteiger charge is -2.20. The molecule has 101 heavy (non-hydrogen) atoms. The minimum atomic E-state index is -0.685. The van der Waals surface area contributed by atoms with E-state index in [2.05, 4.69) is 96.8 Å². The Kier molecular flexibility index (Phi) is 26.7. The van der Waals surface area contributed by atoms with Crippen LogP contribution < -0.4 is 34.0 Å². The molecule has 0 atom stereocenters. The maximum absolute atomic E-state index is 13.1. The molecular formula is C76H66N10O14S. The van der Waals surface area contributed by atoms with E-state index in [1.165, 1.54) is 90.0 Å². The maximum atomic E-state index is 13.1. The van der Waals surface area contributed by atoms with Crippen molar-refractivity contribution in [3.63, 3.8) is 0 Å². The third-order valence-electron chi connectivity index (χ3n) is 14.2. The van der Waals surface area contributed by atoms with Gasteiger partial charge in [0.25, 0.3) is 0 Å². The van der Waals surface area contributed by atoms with E-state index >= 15 is 0 Å². The van der Waals surface area contributed by atoms with Gasteiger partial charge in [0.1, 0.15) is 28.7 Å². The lowest BCUT2D eigenvalue weighted by Crippen LogP contribution is -2.21. The molecule has 0 amide bonds. The summed E-state index contributed by atoms with van der Waals surface area (Å²) < 4.78 is 42.7. The molecule has 510 valence electrons. The van der Waals surface area contributed by atoms with E-state index < -0.39 is 29.8 Å². The van der Waals surface area contributed by atoms with Gasteiger partial charge in [0, 0.05) is 59.8 Å². The van der Waals surface area contributed by atoms with Crippen LogP contribution in [0.25, 0.3) is 21.0 Å². The summed E-state index contributed by atoms with van der Waals surface area (Å²) in [5.41, 5.74) is 9.75. The van der Waals surface area contributed by atoms with Gasteiger partial charge in [0.05, 0.1) is 68.3 Å². The Morgan fingerprint density at radius 3 is 1.50 bits per heavy atom. The average molecular weight is 1380 g/mol. The zero-order valence-electron chi connectivity index (χ0n) is 54.8. The third kappa shape index (κ3) is 22.2. The van der Waals surface area contributed by atoms with Crippen LogP contribution in [0, 0.1) is 0 Å². The third-order valence-corrected chi connectivity index (χ3v) is 15.1. The van der Waals surface area contributed by atoms with Crippen LogP contribution in [0.4, 0.5) is 44.9 Å². The zero-order chi connectivity index (χ0) is 71.1. The van der Waals surface area contributed by atoms with Crippen LogP contribution in [0.15, 0.2) is 274 Å². The van der Waals surface area contributed by atoms with Crippen LogP contribution in [0.1, 0.15) is 59.4 Å². The van der Waals surface area contributed by atoms with Gasteiger partial charge in [-0.3, -0.25) is 10.2 Å². The first-order valence-electron chi connectivity index (χ1n) is 31.4. The summed E-state index contributed by atoms with van der Waals surface area (Å²) in [6.45, 7) is 15.7. The predicted molar refractivity (Wildman–Crippen MR) is 384 cm³/mol. The second kappa shape index (κ2) is 37.4. The van der Waals surface area contributed by atoms with Crippen molar-refractivity contribution >= 4 is 119 Å². The molecule has 10 aromatic rings. The molecule has 0 radical (unpaired) electrons. The van der Waals surface area contributed by atoms with Crippen molar-refractivity contribution in [3.8, 4) is 28.7 Å². The highest BCUT2D eigenvalue weighted by atomic mass is 32.1. The van der Waals surface area contributed by atoms with Crippen molar-refractivity contribution in [2.75, 3.05) is 43.6 Å². The number of nitrogens with one attached hydrogen (secondary N) is 1. The van der Waals surface area contributed by atoms with E-state index in [9.17, 15) is 28.8 Å². The molecule has 0 bridgehead atoms. The smallest absolute Gasteiger partial charge is 0.343 e. The second-order valence-electron chi connectivity index (χ2n) is 21.0.